The van der Waals surface area contributed by atoms with Gasteiger partial charge >= 0.3 is 5.97 Å². The molecule has 0 aromatic heterocycles. The van der Waals surface area contributed by atoms with Crippen LogP contribution in [0.4, 0.5) is 0 Å². The van der Waals surface area contributed by atoms with Gasteiger partial charge in [0.1, 0.15) is 6.10 Å². The van der Waals surface area contributed by atoms with Crippen molar-refractivity contribution in [1.82, 2.24) is 0 Å². The van der Waals surface area contributed by atoms with Gasteiger partial charge in [-0.25, -0.2) is 0 Å². The van der Waals surface area contributed by atoms with Crippen LogP contribution in [-0.4, -0.2) is 17.5 Å². The maximum absolute atomic E-state index is 11.0. The Morgan fingerprint density at radius 1 is 1.29 bits per heavy atom. The molecule has 0 saturated heterocycles. The third-order valence-electron chi connectivity index (χ3n) is 2.83. The lowest BCUT2D eigenvalue weighted by atomic mass is 9.92. The van der Waals surface area contributed by atoms with E-state index in [1.54, 1.807) is 0 Å². The Labute approximate surface area is 106 Å². The van der Waals surface area contributed by atoms with Crippen LogP contribution in [0.3, 0.4) is 0 Å². The molecule has 0 saturated carbocycles. The quantitative estimate of drug-likeness (QED) is 0.594. The number of rotatable bonds is 2. The van der Waals surface area contributed by atoms with Crippen LogP contribution in [-0.2, 0) is 9.53 Å². The molecule has 17 heavy (non-hydrogen) atoms. The highest BCUT2D eigenvalue weighted by atomic mass is 35.5. The van der Waals surface area contributed by atoms with Gasteiger partial charge in [-0.3, -0.25) is 4.79 Å². The maximum atomic E-state index is 11.0. The van der Waals surface area contributed by atoms with Crippen LogP contribution in [0.25, 0.3) is 5.57 Å². The zero-order valence-electron chi connectivity index (χ0n) is 9.73. The molecule has 0 fully saturated rings. The van der Waals surface area contributed by atoms with Gasteiger partial charge in [-0.1, -0.05) is 30.3 Å². The van der Waals surface area contributed by atoms with Crippen LogP contribution in [0.1, 0.15) is 25.3 Å². The van der Waals surface area contributed by atoms with Gasteiger partial charge < -0.3 is 4.74 Å². The zero-order valence-corrected chi connectivity index (χ0v) is 10.5. The van der Waals surface area contributed by atoms with Crippen molar-refractivity contribution in [2.75, 3.05) is 0 Å². The van der Waals surface area contributed by atoms with Crippen LogP contribution in [0.5, 0.6) is 0 Å². The Kier molecular flexibility index (Phi) is 3.85. The third-order valence-corrected chi connectivity index (χ3v) is 3.29. The van der Waals surface area contributed by atoms with Crippen molar-refractivity contribution >= 4 is 23.1 Å². The zero-order chi connectivity index (χ0) is 12.3. The summed E-state index contributed by atoms with van der Waals surface area (Å²) in [6.07, 6.45) is 3.46. The highest BCUT2D eigenvalue weighted by molar-refractivity contribution is 6.26. The van der Waals surface area contributed by atoms with Crippen molar-refractivity contribution in [2.24, 2.45) is 0 Å². The van der Waals surface area contributed by atoms with E-state index in [1.165, 1.54) is 6.92 Å². The summed E-state index contributed by atoms with van der Waals surface area (Å²) in [6, 6.07) is 9.98. The molecule has 3 heteroatoms. The minimum atomic E-state index is -0.244. The standard InChI is InChI=1S/C14H15ClO2/c1-10(16)17-12-7-8-14(15)13(9-12)11-5-3-2-4-6-11/h2-6,9,12,14H,7-8H2,1H3/t12-,14+/m1/s1. The van der Waals surface area contributed by atoms with E-state index in [1.807, 2.05) is 36.4 Å². The first-order valence-corrected chi connectivity index (χ1v) is 6.19. The molecule has 1 aliphatic carbocycles. The molecule has 0 unspecified atom stereocenters. The largest absolute Gasteiger partial charge is 0.458 e. The number of halogens is 1. The van der Waals surface area contributed by atoms with E-state index in [2.05, 4.69) is 0 Å². The van der Waals surface area contributed by atoms with Gasteiger partial charge in [0.05, 0.1) is 5.38 Å². The average molecular weight is 251 g/mol. The highest BCUT2D eigenvalue weighted by Crippen LogP contribution is 2.32. The molecule has 2 rings (SSSR count). The summed E-state index contributed by atoms with van der Waals surface area (Å²) in [4.78, 5) is 11.0. The van der Waals surface area contributed by atoms with Gasteiger partial charge in [0.15, 0.2) is 0 Å². The fourth-order valence-electron chi connectivity index (χ4n) is 2.07. The number of hydrogen-bond donors (Lipinski definition) is 0. The van der Waals surface area contributed by atoms with Crippen molar-refractivity contribution in [3.8, 4) is 0 Å². The summed E-state index contributed by atoms with van der Waals surface area (Å²) in [5, 5.41) is 0.00390. The topological polar surface area (TPSA) is 26.3 Å². The van der Waals surface area contributed by atoms with Crippen molar-refractivity contribution in [1.29, 1.82) is 0 Å². The maximum Gasteiger partial charge on any atom is 0.303 e. The molecule has 0 heterocycles. The molecule has 0 aliphatic heterocycles. The number of ether oxygens (including phenoxy) is 1. The normalized spacial score (nSPS) is 24.0. The van der Waals surface area contributed by atoms with Gasteiger partial charge in [0.25, 0.3) is 0 Å². The predicted molar refractivity (Wildman–Crippen MR) is 68.8 cm³/mol. The first-order valence-electron chi connectivity index (χ1n) is 5.75. The molecule has 0 amide bonds. The van der Waals surface area contributed by atoms with Crippen LogP contribution in [0.2, 0.25) is 0 Å². The lowest BCUT2D eigenvalue weighted by molar-refractivity contribution is -0.144. The molecule has 2 nitrogen and oxygen atoms in total. The summed E-state index contributed by atoms with van der Waals surface area (Å²) < 4.78 is 5.22. The Morgan fingerprint density at radius 2 is 2.00 bits per heavy atom. The number of carbonyl (C=O) groups excluding carboxylic acids is 1. The van der Waals surface area contributed by atoms with Crippen molar-refractivity contribution in [2.45, 2.75) is 31.2 Å². The molecule has 0 radical (unpaired) electrons. The summed E-state index contributed by atoms with van der Waals surface area (Å²) >= 11 is 6.31. The van der Waals surface area contributed by atoms with Crippen LogP contribution >= 0.6 is 11.6 Å². The first kappa shape index (κ1) is 12.2. The highest BCUT2D eigenvalue weighted by Gasteiger charge is 2.23. The van der Waals surface area contributed by atoms with Gasteiger partial charge in [-0.2, -0.15) is 0 Å². The fourth-order valence-corrected chi connectivity index (χ4v) is 2.39. The number of carbonyl (C=O) groups is 1. The minimum absolute atomic E-state index is 0.00390. The first-order chi connectivity index (χ1) is 8.16. The summed E-state index contributed by atoms with van der Waals surface area (Å²) in [5.74, 6) is -0.244. The second kappa shape index (κ2) is 5.37. The summed E-state index contributed by atoms with van der Waals surface area (Å²) in [7, 11) is 0. The number of esters is 1. The van der Waals surface area contributed by atoms with E-state index in [-0.39, 0.29) is 17.5 Å². The molecule has 90 valence electrons. The molecule has 2 atom stereocenters. The molecule has 0 bridgehead atoms. The van der Waals surface area contributed by atoms with Gasteiger partial charge in [-0.05, 0) is 30.1 Å². The fraction of sp³-hybridized carbons (Fsp3) is 0.357. The SMILES string of the molecule is CC(=O)O[C@H]1C=C(c2ccccc2)[C@@H](Cl)CC1. The van der Waals surface area contributed by atoms with E-state index >= 15 is 0 Å². The third kappa shape index (κ3) is 3.10. The van der Waals surface area contributed by atoms with Gasteiger partial charge in [0.2, 0.25) is 0 Å². The Morgan fingerprint density at radius 3 is 2.65 bits per heavy atom. The van der Waals surface area contributed by atoms with Gasteiger partial charge in [0, 0.05) is 6.92 Å². The minimum Gasteiger partial charge on any atom is -0.458 e. The van der Waals surface area contributed by atoms with E-state index in [0.717, 1.165) is 24.0 Å². The summed E-state index contributed by atoms with van der Waals surface area (Å²) in [5.41, 5.74) is 2.16. The van der Waals surface area contributed by atoms with Crippen molar-refractivity contribution < 1.29 is 9.53 Å². The van der Waals surface area contributed by atoms with Crippen molar-refractivity contribution in [3.63, 3.8) is 0 Å². The number of hydrogen-bond acceptors (Lipinski definition) is 2. The Hall–Kier alpha value is -1.28. The van der Waals surface area contributed by atoms with Crippen LogP contribution < -0.4 is 0 Å². The van der Waals surface area contributed by atoms with E-state index in [9.17, 15) is 4.79 Å². The molecule has 0 N–H and O–H groups in total. The Balaban J connectivity index is 2.23. The van der Waals surface area contributed by atoms with E-state index in [4.69, 9.17) is 16.3 Å². The monoisotopic (exact) mass is 250 g/mol. The Bertz CT molecular complexity index is 425. The molecular formula is C14H15ClO2. The second-order valence-electron chi connectivity index (χ2n) is 4.18. The molecule has 1 aromatic carbocycles. The summed E-state index contributed by atoms with van der Waals surface area (Å²) in [6.45, 7) is 1.43. The lowest BCUT2D eigenvalue weighted by Gasteiger charge is -2.25. The smallest absolute Gasteiger partial charge is 0.303 e. The van der Waals surface area contributed by atoms with Crippen molar-refractivity contribution in [3.05, 3.63) is 42.0 Å². The predicted octanol–water partition coefficient (Wildman–Crippen LogP) is 3.40. The molecular weight excluding hydrogens is 236 g/mol. The number of alkyl halides is 1. The molecule has 0 spiro atoms. The van der Waals surface area contributed by atoms with E-state index in [0.29, 0.717) is 0 Å². The number of benzene rings is 1. The van der Waals surface area contributed by atoms with Gasteiger partial charge in [-0.15, -0.1) is 11.6 Å². The average Bonchev–Trinajstić information content (AvgIpc) is 2.32. The second-order valence-corrected chi connectivity index (χ2v) is 4.71. The van der Waals surface area contributed by atoms with E-state index < -0.39 is 0 Å². The lowest BCUT2D eigenvalue weighted by Crippen LogP contribution is -2.21. The number of allylic oxidation sites excluding steroid dienone is 1. The van der Waals surface area contributed by atoms with Crippen LogP contribution in [0, 0.1) is 0 Å². The van der Waals surface area contributed by atoms with Crippen LogP contribution in [0.15, 0.2) is 36.4 Å². The molecule has 1 aliphatic rings. The molecule has 1 aromatic rings.